The van der Waals surface area contributed by atoms with Crippen LogP contribution in [0.2, 0.25) is 0 Å². The number of anilines is 1. The van der Waals surface area contributed by atoms with Crippen molar-refractivity contribution in [2.24, 2.45) is 5.92 Å². The fourth-order valence-electron chi connectivity index (χ4n) is 4.45. The van der Waals surface area contributed by atoms with Crippen LogP contribution in [0.3, 0.4) is 0 Å². The highest BCUT2D eigenvalue weighted by atomic mass is 32.1. The first kappa shape index (κ1) is 22.5. The van der Waals surface area contributed by atoms with Crippen LogP contribution in [-0.2, 0) is 4.74 Å². The van der Waals surface area contributed by atoms with E-state index < -0.39 is 5.60 Å². The van der Waals surface area contributed by atoms with Gasteiger partial charge in [-0.3, -0.25) is 0 Å². The Hall–Kier alpha value is -3.33. The van der Waals surface area contributed by atoms with Crippen molar-refractivity contribution in [3.05, 3.63) is 51.6 Å². The summed E-state index contributed by atoms with van der Waals surface area (Å²) in [5.74, 6) is 0.441. The molecule has 1 aliphatic rings. The summed E-state index contributed by atoms with van der Waals surface area (Å²) < 4.78 is 7.12. The highest BCUT2D eigenvalue weighted by Gasteiger charge is 2.27. The summed E-state index contributed by atoms with van der Waals surface area (Å²) in [6, 6.07) is 10.2. The Morgan fingerprint density at radius 1 is 1.21 bits per heavy atom. The van der Waals surface area contributed by atoms with Crippen LogP contribution in [0.1, 0.15) is 33.6 Å². The summed E-state index contributed by atoms with van der Waals surface area (Å²) in [4.78, 5) is 26.6. The van der Waals surface area contributed by atoms with Crippen molar-refractivity contribution in [2.45, 2.75) is 39.2 Å². The molecule has 4 heterocycles. The maximum atomic E-state index is 12.5. The van der Waals surface area contributed by atoms with Gasteiger partial charge in [-0.05, 0) is 73.6 Å². The van der Waals surface area contributed by atoms with Crippen LogP contribution in [-0.4, -0.2) is 50.8 Å². The monoisotopic (exact) mass is 479 g/mol. The van der Waals surface area contributed by atoms with Gasteiger partial charge in [-0.2, -0.15) is 16.4 Å². The third-order valence-electron chi connectivity index (χ3n) is 6.20. The van der Waals surface area contributed by atoms with E-state index in [2.05, 4.69) is 39.1 Å². The standard InChI is InChI=1S/C25H29N5O3S/c1-25(2,3)33-24(32)29-9-6-16(7-10-29)14-26-20-13-22-27-28-23(31)30(22)21-12-17(4-5-19(20)21)18-8-11-34-15-18/h4-5,8,11-13,15-16,26H,6-7,9-10,14H2,1-3H3,(H,28,31). The average Bonchev–Trinajstić information content (AvgIpc) is 3.47. The smallest absolute Gasteiger partial charge is 0.410 e. The zero-order valence-corrected chi connectivity index (χ0v) is 20.4. The molecule has 1 amide bonds. The molecular weight excluding hydrogens is 450 g/mol. The second kappa shape index (κ2) is 8.79. The number of pyridine rings is 1. The Bertz CT molecular complexity index is 1380. The van der Waals surface area contributed by atoms with Crippen molar-refractivity contribution in [3.8, 4) is 11.1 Å². The lowest BCUT2D eigenvalue weighted by Crippen LogP contribution is -2.42. The van der Waals surface area contributed by atoms with Crippen molar-refractivity contribution in [1.82, 2.24) is 19.5 Å². The number of thiophene rings is 1. The summed E-state index contributed by atoms with van der Waals surface area (Å²) in [5.41, 5.74) is 3.83. The highest BCUT2D eigenvalue weighted by Crippen LogP contribution is 2.31. The number of fused-ring (bicyclic) bond motifs is 3. The van der Waals surface area contributed by atoms with E-state index in [0.717, 1.165) is 47.1 Å². The number of aromatic nitrogens is 3. The minimum Gasteiger partial charge on any atom is -0.444 e. The Balaban J connectivity index is 1.34. The summed E-state index contributed by atoms with van der Waals surface area (Å²) >= 11 is 1.65. The van der Waals surface area contributed by atoms with Crippen LogP contribution in [0.15, 0.2) is 45.9 Å². The molecule has 1 aliphatic heterocycles. The summed E-state index contributed by atoms with van der Waals surface area (Å²) in [5, 5.41) is 15.5. The zero-order chi connectivity index (χ0) is 23.9. The molecule has 9 heteroatoms. The fraction of sp³-hybridized carbons (Fsp3) is 0.400. The number of benzene rings is 1. The van der Waals surface area contributed by atoms with E-state index in [0.29, 0.717) is 24.7 Å². The Labute approximate surface area is 201 Å². The third-order valence-corrected chi connectivity index (χ3v) is 6.89. The second-order valence-electron chi connectivity index (χ2n) is 9.82. The quantitative estimate of drug-likeness (QED) is 0.432. The van der Waals surface area contributed by atoms with Gasteiger partial charge in [0.15, 0.2) is 5.65 Å². The lowest BCUT2D eigenvalue weighted by Gasteiger charge is -2.33. The topological polar surface area (TPSA) is 91.7 Å². The molecule has 0 saturated carbocycles. The number of nitrogens with zero attached hydrogens (tertiary/aromatic N) is 3. The minimum absolute atomic E-state index is 0.235. The van der Waals surface area contributed by atoms with E-state index in [1.165, 1.54) is 0 Å². The van der Waals surface area contributed by atoms with Crippen molar-refractivity contribution < 1.29 is 9.53 Å². The zero-order valence-electron chi connectivity index (χ0n) is 19.6. The van der Waals surface area contributed by atoms with Gasteiger partial charge in [0.05, 0.1) is 5.52 Å². The van der Waals surface area contributed by atoms with Crippen LogP contribution in [0.5, 0.6) is 0 Å². The molecule has 178 valence electrons. The third kappa shape index (κ3) is 4.52. The van der Waals surface area contributed by atoms with E-state index in [9.17, 15) is 9.59 Å². The number of piperidine rings is 1. The minimum atomic E-state index is -0.479. The highest BCUT2D eigenvalue weighted by molar-refractivity contribution is 7.08. The van der Waals surface area contributed by atoms with Crippen LogP contribution < -0.4 is 11.0 Å². The maximum absolute atomic E-state index is 12.5. The number of aromatic amines is 1. The lowest BCUT2D eigenvalue weighted by atomic mass is 9.96. The second-order valence-corrected chi connectivity index (χ2v) is 10.6. The van der Waals surface area contributed by atoms with Crippen molar-refractivity contribution in [1.29, 1.82) is 0 Å². The molecule has 1 saturated heterocycles. The Morgan fingerprint density at radius 3 is 2.71 bits per heavy atom. The van der Waals surface area contributed by atoms with Gasteiger partial charge < -0.3 is 15.0 Å². The Morgan fingerprint density at radius 2 is 2.00 bits per heavy atom. The van der Waals surface area contributed by atoms with Gasteiger partial charge in [0.1, 0.15) is 5.60 Å². The van der Waals surface area contributed by atoms with Crippen LogP contribution >= 0.6 is 11.3 Å². The average molecular weight is 480 g/mol. The van der Waals surface area contributed by atoms with Crippen LogP contribution in [0.4, 0.5) is 10.5 Å². The molecular formula is C25H29N5O3S. The van der Waals surface area contributed by atoms with Gasteiger partial charge >= 0.3 is 11.8 Å². The number of rotatable bonds is 4. The molecule has 0 spiro atoms. The van der Waals surface area contributed by atoms with E-state index in [1.807, 2.05) is 38.3 Å². The Kier molecular flexibility index (Phi) is 5.81. The first-order valence-corrected chi connectivity index (χ1v) is 12.5. The predicted octanol–water partition coefficient (Wildman–Crippen LogP) is 4.96. The molecule has 2 N–H and O–H groups in total. The number of hydrogen-bond acceptors (Lipinski definition) is 6. The number of amides is 1. The molecule has 0 atom stereocenters. The summed E-state index contributed by atoms with van der Waals surface area (Å²) in [6.45, 7) is 7.84. The molecule has 0 radical (unpaired) electrons. The first-order valence-electron chi connectivity index (χ1n) is 11.6. The van der Waals surface area contributed by atoms with Gasteiger partial charge in [0.25, 0.3) is 0 Å². The van der Waals surface area contributed by atoms with E-state index in [-0.39, 0.29) is 11.8 Å². The molecule has 0 unspecified atom stereocenters. The van der Waals surface area contributed by atoms with Crippen LogP contribution in [0, 0.1) is 5.92 Å². The van der Waals surface area contributed by atoms with E-state index >= 15 is 0 Å². The summed E-state index contributed by atoms with van der Waals surface area (Å²) in [7, 11) is 0. The molecule has 34 heavy (non-hydrogen) atoms. The van der Waals surface area contributed by atoms with Crippen molar-refractivity contribution >= 4 is 39.7 Å². The lowest BCUT2D eigenvalue weighted by molar-refractivity contribution is 0.0188. The number of hydrogen-bond donors (Lipinski definition) is 2. The number of carbonyl (C=O) groups excluding carboxylic acids is 1. The summed E-state index contributed by atoms with van der Waals surface area (Å²) in [6.07, 6.45) is 1.59. The molecule has 8 nitrogen and oxygen atoms in total. The van der Waals surface area contributed by atoms with Gasteiger partial charge in [0.2, 0.25) is 0 Å². The van der Waals surface area contributed by atoms with E-state index in [1.54, 1.807) is 20.6 Å². The molecule has 1 aromatic carbocycles. The fourth-order valence-corrected chi connectivity index (χ4v) is 5.11. The maximum Gasteiger partial charge on any atom is 0.410 e. The molecule has 4 aromatic rings. The normalized spacial score (nSPS) is 15.2. The molecule has 1 fully saturated rings. The van der Waals surface area contributed by atoms with E-state index in [4.69, 9.17) is 4.74 Å². The number of carbonyl (C=O) groups is 1. The predicted molar refractivity (Wildman–Crippen MR) is 136 cm³/mol. The first-order chi connectivity index (χ1) is 16.3. The van der Waals surface area contributed by atoms with Crippen LogP contribution in [0.25, 0.3) is 27.7 Å². The van der Waals surface area contributed by atoms with Gasteiger partial charge in [-0.15, -0.1) is 0 Å². The number of H-pyrrole nitrogens is 1. The molecule has 0 aliphatic carbocycles. The van der Waals surface area contributed by atoms with Crippen molar-refractivity contribution in [2.75, 3.05) is 25.0 Å². The SMILES string of the molecule is CC(C)(C)OC(=O)N1CCC(CNc2cc3n[nH]c(=O)n3c3cc(-c4ccsc4)ccc23)CC1. The molecule has 0 bridgehead atoms. The number of nitrogens with one attached hydrogen (secondary N) is 2. The molecule has 5 rings (SSSR count). The van der Waals surface area contributed by atoms with Gasteiger partial charge in [-0.1, -0.05) is 12.1 Å². The van der Waals surface area contributed by atoms with Gasteiger partial charge in [-0.25, -0.2) is 19.1 Å². The largest absolute Gasteiger partial charge is 0.444 e. The van der Waals surface area contributed by atoms with Crippen molar-refractivity contribution in [3.63, 3.8) is 0 Å². The number of likely N-dealkylation sites (tertiary alicyclic amines) is 1. The molecule has 3 aromatic heterocycles. The number of ether oxygens (including phenoxy) is 1. The van der Waals surface area contributed by atoms with Gasteiger partial charge in [0, 0.05) is 36.8 Å².